The molecule has 0 radical (unpaired) electrons. The highest BCUT2D eigenvalue weighted by Crippen LogP contribution is 2.27. The quantitative estimate of drug-likeness (QED) is 0.587. The van der Waals surface area contributed by atoms with Crippen LogP contribution in [0.2, 0.25) is 0 Å². The van der Waals surface area contributed by atoms with E-state index >= 15 is 0 Å². The maximum atomic E-state index is 10.7. The lowest BCUT2D eigenvalue weighted by Gasteiger charge is -2.25. The molecule has 0 fully saturated rings. The second kappa shape index (κ2) is 2.54. The van der Waals surface area contributed by atoms with Crippen molar-refractivity contribution in [2.45, 2.75) is 19.8 Å². The summed E-state index contributed by atoms with van der Waals surface area (Å²) < 4.78 is 0. The predicted molar refractivity (Wildman–Crippen MR) is 38.6 cm³/mol. The van der Waals surface area contributed by atoms with Gasteiger partial charge in [0.25, 0.3) is 0 Å². The first-order valence-electron chi connectivity index (χ1n) is 3.49. The van der Waals surface area contributed by atoms with E-state index in [1.165, 1.54) is 0 Å². The van der Waals surface area contributed by atoms with Gasteiger partial charge in [0.15, 0.2) is 5.78 Å². The highest BCUT2D eigenvalue weighted by atomic mass is 16.3. The predicted octanol–water partition coefficient (Wildman–Crippen LogP) is 0.904. The number of carbonyl (C=O) groups excluding carboxylic acids is 1. The molecule has 56 valence electrons. The van der Waals surface area contributed by atoms with Gasteiger partial charge in [-0.05, 0) is 12.5 Å². The van der Waals surface area contributed by atoms with Gasteiger partial charge in [-0.3, -0.25) is 4.79 Å². The largest absolute Gasteiger partial charge is 0.395 e. The zero-order valence-electron chi connectivity index (χ0n) is 6.13. The fourth-order valence-electron chi connectivity index (χ4n) is 1.00. The van der Waals surface area contributed by atoms with E-state index in [9.17, 15) is 4.79 Å². The zero-order chi connectivity index (χ0) is 7.61. The molecule has 0 aromatic carbocycles. The number of rotatable bonds is 1. The van der Waals surface area contributed by atoms with Crippen LogP contribution in [0.25, 0.3) is 0 Å². The standard InChI is InChI=1S/C8H12O2/c1-8(6-9)4-2-7(10)3-5-8/h2,4,9H,3,5-6H2,1H3. The van der Waals surface area contributed by atoms with Gasteiger partial charge >= 0.3 is 0 Å². The molecule has 2 heteroatoms. The summed E-state index contributed by atoms with van der Waals surface area (Å²) in [5.74, 6) is 0.172. The van der Waals surface area contributed by atoms with Crippen LogP contribution in [-0.2, 0) is 4.79 Å². The van der Waals surface area contributed by atoms with Crippen molar-refractivity contribution < 1.29 is 9.90 Å². The summed E-state index contributed by atoms with van der Waals surface area (Å²) in [4.78, 5) is 10.7. The molecule has 0 aliphatic heterocycles. The van der Waals surface area contributed by atoms with Gasteiger partial charge in [-0.25, -0.2) is 0 Å². The van der Waals surface area contributed by atoms with E-state index in [1.54, 1.807) is 12.2 Å². The Morgan fingerprint density at radius 3 is 2.90 bits per heavy atom. The molecule has 1 unspecified atom stereocenters. The molecule has 0 heterocycles. The van der Waals surface area contributed by atoms with Crippen LogP contribution in [0.4, 0.5) is 0 Å². The van der Waals surface area contributed by atoms with Crippen molar-refractivity contribution in [2.24, 2.45) is 5.41 Å². The van der Waals surface area contributed by atoms with Crippen LogP contribution in [0.3, 0.4) is 0 Å². The normalized spacial score (nSPS) is 32.8. The van der Waals surface area contributed by atoms with Gasteiger partial charge in [0.2, 0.25) is 0 Å². The Bertz CT molecular complexity index is 172. The van der Waals surface area contributed by atoms with Gasteiger partial charge < -0.3 is 5.11 Å². The summed E-state index contributed by atoms with van der Waals surface area (Å²) in [5.41, 5.74) is -0.145. The number of ketones is 1. The highest BCUT2D eigenvalue weighted by molar-refractivity contribution is 5.90. The number of allylic oxidation sites excluding steroid dienone is 1. The summed E-state index contributed by atoms with van der Waals surface area (Å²) in [7, 11) is 0. The lowest BCUT2D eigenvalue weighted by atomic mass is 9.81. The second-order valence-electron chi connectivity index (χ2n) is 3.11. The molecule has 1 rings (SSSR count). The molecule has 1 aliphatic carbocycles. The first kappa shape index (κ1) is 7.48. The lowest BCUT2D eigenvalue weighted by Crippen LogP contribution is -2.23. The molecule has 0 amide bonds. The molecule has 1 aliphatic rings. The van der Waals surface area contributed by atoms with Gasteiger partial charge in [0.1, 0.15) is 0 Å². The maximum Gasteiger partial charge on any atom is 0.155 e. The Labute approximate surface area is 60.6 Å². The fourth-order valence-corrected chi connectivity index (χ4v) is 1.00. The zero-order valence-corrected chi connectivity index (χ0v) is 6.13. The van der Waals surface area contributed by atoms with E-state index in [0.29, 0.717) is 6.42 Å². The van der Waals surface area contributed by atoms with Crippen LogP contribution in [0.15, 0.2) is 12.2 Å². The molecule has 1 atom stereocenters. The summed E-state index contributed by atoms with van der Waals surface area (Å²) >= 11 is 0. The summed E-state index contributed by atoms with van der Waals surface area (Å²) in [6.07, 6.45) is 4.73. The third-order valence-corrected chi connectivity index (χ3v) is 1.98. The number of carbonyl (C=O) groups is 1. The number of aliphatic hydroxyl groups is 1. The fraction of sp³-hybridized carbons (Fsp3) is 0.625. The maximum absolute atomic E-state index is 10.7. The summed E-state index contributed by atoms with van der Waals surface area (Å²) in [6, 6.07) is 0. The molecule has 0 aromatic heterocycles. The second-order valence-corrected chi connectivity index (χ2v) is 3.11. The Hall–Kier alpha value is -0.630. The van der Waals surface area contributed by atoms with Gasteiger partial charge in [-0.1, -0.05) is 13.0 Å². The van der Waals surface area contributed by atoms with Crippen LogP contribution in [0, 0.1) is 5.41 Å². The van der Waals surface area contributed by atoms with Crippen molar-refractivity contribution in [1.82, 2.24) is 0 Å². The van der Waals surface area contributed by atoms with Crippen LogP contribution >= 0.6 is 0 Å². The van der Waals surface area contributed by atoms with E-state index in [4.69, 9.17) is 5.11 Å². The third-order valence-electron chi connectivity index (χ3n) is 1.98. The number of aliphatic hydroxyl groups excluding tert-OH is 1. The molecule has 1 N–H and O–H groups in total. The van der Waals surface area contributed by atoms with Crippen LogP contribution in [0.1, 0.15) is 19.8 Å². The van der Waals surface area contributed by atoms with Gasteiger partial charge in [0, 0.05) is 11.8 Å². The van der Waals surface area contributed by atoms with Crippen LogP contribution in [-0.4, -0.2) is 17.5 Å². The smallest absolute Gasteiger partial charge is 0.155 e. The molecule has 0 aromatic rings. The molecular weight excluding hydrogens is 128 g/mol. The Kier molecular flexibility index (Phi) is 1.90. The van der Waals surface area contributed by atoms with Crippen molar-refractivity contribution in [3.63, 3.8) is 0 Å². The first-order chi connectivity index (χ1) is 4.66. The van der Waals surface area contributed by atoms with E-state index in [0.717, 1.165) is 6.42 Å². The van der Waals surface area contributed by atoms with E-state index < -0.39 is 0 Å². The minimum Gasteiger partial charge on any atom is -0.395 e. The minimum atomic E-state index is -0.145. The molecule has 0 bridgehead atoms. The van der Waals surface area contributed by atoms with Crippen LogP contribution in [0.5, 0.6) is 0 Å². The topological polar surface area (TPSA) is 37.3 Å². The summed E-state index contributed by atoms with van der Waals surface area (Å²) in [5, 5.41) is 8.87. The molecule has 0 saturated carbocycles. The minimum absolute atomic E-state index is 0.136. The highest BCUT2D eigenvalue weighted by Gasteiger charge is 2.23. The summed E-state index contributed by atoms with van der Waals surface area (Å²) in [6.45, 7) is 2.09. The van der Waals surface area contributed by atoms with Gasteiger partial charge in [-0.2, -0.15) is 0 Å². The van der Waals surface area contributed by atoms with Crippen molar-refractivity contribution in [2.75, 3.05) is 6.61 Å². The van der Waals surface area contributed by atoms with Crippen molar-refractivity contribution in [1.29, 1.82) is 0 Å². The Morgan fingerprint density at radius 2 is 2.50 bits per heavy atom. The average Bonchev–Trinajstić information content (AvgIpc) is 1.96. The molecular formula is C8H12O2. The average molecular weight is 140 g/mol. The van der Waals surface area contributed by atoms with Gasteiger partial charge in [0.05, 0.1) is 6.61 Å². The van der Waals surface area contributed by atoms with Gasteiger partial charge in [-0.15, -0.1) is 0 Å². The Morgan fingerprint density at radius 1 is 1.80 bits per heavy atom. The van der Waals surface area contributed by atoms with E-state index in [-0.39, 0.29) is 17.8 Å². The van der Waals surface area contributed by atoms with Crippen molar-refractivity contribution in [3.8, 4) is 0 Å². The van der Waals surface area contributed by atoms with E-state index in [2.05, 4.69) is 0 Å². The molecule has 2 nitrogen and oxygen atoms in total. The van der Waals surface area contributed by atoms with Crippen molar-refractivity contribution >= 4 is 5.78 Å². The number of hydrogen-bond acceptors (Lipinski definition) is 2. The molecule has 0 saturated heterocycles. The molecule has 0 spiro atoms. The lowest BCUT2D eigenvalue weighted by molar-refractivity contribution is -0.115. The molecule has 10 heavy (non-hydrogen) atoms. The van der Waals surface area contributed by atoms with Crippen LogP contribution < -0.4 is 0 Å². The number of hydrogen-bond donors (Lipinski definition) is 1. The first-order valence-corrected chi connectivity index (χ1v) is 3.49. The van der Waals surface area contributed by atoms with E-state index in [1.807, 2.05) is 6.92 Å². The third kappa shape index (κ3) is 1.45. The van der Waals surface area contributed by atoms with Crippen molar-refractivity contribution in [3.05, 3.63) is 12.2 Å². The monoisotopic (exact) mass is 140 g/mol. The SMILES string of the molecule is CC1(CO)C=CC(=O)CC1. The Balaban J connectivity index is 2.68.